The second-order valence-electron chi connectivity index (χ2n) is 11.4. The molecule has 5 aliphatic rings. The average molecular weight is 546 g/mol. The number of piperidine rings is 2. The molecule has 4 aliphatic heterocycles. The first-order valence-electron chi connectivity index (χ1n) is 14.2. The maximum absolute atomic E-state index is 13.2. The van der Waals surface area contributed by atoms with Crippen LogP contribution >= 0.6 is 11.9 Å². The maximum Gasteiger partial charge on any atom is 0.250 e. The molecular weight excluding hydrogens is 510 g/mol. The van der Waals surface area contributed by atoms with Gasteiger partial charge in [-0.2, -0.15) is 0 Å². The Bertz CT molecular complexity index is 1370. The number of nitrogens with one attached hydrogen (secondary N) is 2. The molecule has 2 aromatic heterocycles. The number of pyridine rings is 1. The molecule has 6 heterocycles. The SMILES string of the molecule is Cc1cnc2cc1-c1nnc(o1)-c1ccc(NSC3CC3)cc1N1CCC(CC1)CNC(=O)C1CCCN2C1. The molecule has 1 aliphatic carbocycles. The van der Waals surface area contributed by atoms with Gasteiger partial charge in [-0.05, 0) is 93.1 Å². The predicted octanol–water partition coefficient (Wildman–Crippen LogP) is 4.89. The third kappa shape index (κ3) is 5.18. The van der Waals surface area contributed by atoms with Crippen LogP contribution in [0.3, 0.4) is 0 Å². The van der Waals surface area contributed by atoms with Gasteiger partial charge in [0.1, 0.15) is 5.82 Å². The second kappa shape index (κ2) is 10.4. The summed E-state index contributed by atoms with van der Waals surface area (Å²) in [6.45, 7) is 6.18. The van der Waals surface area contributed by atoms with E-state index in [1.54, 1.807) is 0 Å². The Labute approximate surface area is 233 Å². The Hall–Kier alpha value is -3.27. The van der Waals surface area contributed by atoms with E-state index in [0.717, 1.165) is 85.7 Å². The highest BCUT2D eigenvalue weighted by Crippen LogP contribution is 2.39. The molecule has 1 amide bonds. The van der Waals surface area contributed by atoms with E-state index < -0.39 is 0 Å². The highest BCUT2D eigenvalue weighted by Gasteiger charge is 2.30. The minimum Gasteiger partial charge on any atom is -0.416 e. The van der Waals surface area contributed by atoms with Gasteiger partial charge in [-0.25, -0.2) is 4.98 Å². The molecule has 2 saturated heterocycles. The van der Waals surface area contributed by atoms with Crippen LogP contribution in [0.15, 0.2) is 34.9 Å². The lowest BCUT2D eigenvalue weighted by atomic mass is 9.94. The van der Waals surface area contributed by atoms with Crippen LogP contribution in [0.2, 0.25) is 0 Å². The fourth-order valence-corrected chi connectivity index (χ4v) is 6.70. The summed E-state index contributed by atoms with van der Waals surface area (Å²) in [7, 11) is 0. The molecule has 3 aromatic rings. The molecule has 3 fully saturated rings. The molecule has 39 heavy (non-hydrogen) atoms. The quantitative estimate of drug-likeness (QED) is 0.446. The first-order chi connectivity index (χ1) is 19.1. The van der Waals surface area contributed by atoms with Crippen LogP contribution in [-0.4, -0.2) is 59.1 Å². The van der Waals surface area contributed by atoms with Gasteiger partial charge in [-0.15, -0.1) is 10.2 Å². The number of nitrogens with zero attached hydrogens (tertiary/aromatic N) is 5. The third-order valence-electron chi connectivity index (χ3n) is 8.48. The number of carbonyl (C=O) groups is 1. The normalized spacial score (nSPS) is 23.1. The first-order valence-corrected chi connectivity index (χ1v) is 15.1. The molecular formula is C29H35N7O2S. The molecule has 8 rings (SSSR count). The van der Waals surface area contributed by atoms with E-state index in [1.165, 1.54) is 12.8 Å². The smallest absolute Gasteiger partial charge is 0.250 e. The van der Waals surface area contributed by atoms with Gasteiger partial charge in [-0.3, -0.25) is 4.79 Å². The zero-order valence-electron chi connectivity index (χ0n) is 22.4. The molecule has 1 saturated carbocycles. The van der Waals surface area contributed by atoms with Gasteiger partial charge < -0.3 is 24.3 Å². The molecule has 2 N–H and O–H groups in total. The fourth-order valence-electron chi connectivity index (χ4n) is 5.90. The van der Waals surface area contributed by atoms with E-state index in [-0.39, 0.29) is 11.8 Å². The summed E-state index contributed by atoms with van der Waals surface area (Å²) in [4.78, 5) is 22.5. The number of anilines is 3. The Balaban J connectivity index is 1.27. The van der Waals surface area contributed by atoms with Gasteiger partial charge in [0.05, 0.1) is 17.2 Å². The van der Waals surface area contributed by atoms with Crippen LogP contribution in [0.1, 0.15) is 44.1 Å². The first kappa shape index (κ1) is 24.7. The maximum atomic E-state index is 13.2. The third-order valence-corrected chi connectivity index (χ3v) is 9.63. The average Bonchev–Trinajstić information content (AvgIpc) is 3.69. The van der Waals surface area contributed by atoms with Crippen molar-refractivity contribution in [1.29, 1.82) is 0 Å². The lowest BCUT2D eigenvalue weighted by Gasteiger charge is -2.36. The number of aromatic nitrogens is 3. The summed E-state index contributed by atoms with van der Waals surface area (Å²) in [5.41, 5.74) is 5.02. The van der Waals surface area contributed by atoms with E-state index in [2.05, 4.69) is 48.2 Å². The van der Waals surface area contributed by atoms with Gasteiger partial charge in [-0.1, -0.05) is 0 Å². The number of hydrogen-bond acceptors (Lipinski definition) is 9. The predicted molar refractivity (Wildman–Crippen MR) is 155 cm³/mol. The molecule has 10 heteroatoms. The topological polar surface area (TPSA) is 99.4 Å². The number of carbonyl (C=O) groups excluding carboxylic acids is 1. The van der Waals surface area contributed by atoms with Crippen LogP contribution in [0.25, 0.3) is 22.9 Å². The monoisotopic (exact) mass is 545 g/mol. The number of amides is 1. The zero-order chi connectivity index (χ0) is 26.3. The standard InChI is InChI=1S/C29H35N7O2S/c1-18-15-30-26-14-24(18)29-33-32-28(38-29)23-7-4-21(34-39-22-5-6-22)13-25(23)35-11-8-19(9-12-35)16-31-27(37)20-3-2-10-36(26)17-20/h4,7,13-15,19-20,22,34H,2-3,5-6,8-12,16-17H2,1H3,(H,31,37). The highest BCUT2D eigenvalue weighted by atomic mass is 32.2. The van der Waals surface area contributed by atoms with Crippen LogP contribution in [-0.2, 0) is 4.79 Å². The van der Waals surface area contributed by atoms with Crippen molar-refractivity contribution in [2.24, 2.45) is 11.8 Å². The van der Waals surface area contributed by atoms with Crippen molar-refractivity contribution >= 4 is 35.0 Å². The van der Waals surface area contributed by atoms with Gasteiger partial charge in [0.2, 0.25) is 17.7 Å². The number of aryl methyl sites for hydroxylation is 1. The van der Waals surface area contributed by atoms with Gasteiger partial charge >= 0.3 is 0 Å². The summed E-state index contributed by atoms with van der Waals surface area (Å²) < 4.78 is 9.91. The molecule has 8 bridgehead atoms. The molecule has 1 aromatic carbocycles. The largest absolute Gasteiger partial charge is 0.416 e. The minimum absolute atomic E-state index is 0.0226. The fraction of sp³-hybridized carbons (Fsp3) is 0.517. The molecule has 204 valence electrons. The van der Waals surface area contributed by atoms with Crippen LogP contribution < -0.4 is 19.8 Å². The number of rotatable bonds is 3. The van der Waals surface area contributed by atoms with Crippen molar-refractivity contribution in [3.8, 4) is 22.9 Å². The lowest BCUT2D eigenvalue weighted by Crippen LogP contribution is -2.45. The Morgan fingerprint density at radius 1 is 1.00 bits per heavy atom. The number of benzene rings is 1. The Morgan fingerprint density at radius 2 is 1.82 bits per heavy atom. The Kier molecular flexibility index (Phi) is 6.58. The summed E-state index contributed by atoms with van der Waals surface area (Å²) in [5.74, 6) is 2.51. The molecule has 0 spiro atoms. The van der Waals surface area contributed by atoms with Crippen molar-refractivity contribution in [2.75, 3.05) is 47.2 Å². The lowest BCUT2D eigenvalue weighted by molar-refractivity contribution is -0.125. The van der Waals surface area contributed by atoms with E-state index in [1.807, 2.05) is 31.1 Å². The van der Waals surface area contributed by atoms with Gasteiger partial charge in [0.25, 0.3) is 0 Å². The van der Waals surface area contributed by atoms with E-state index in [0.29, 0.717) is 29.5 Å². The van der Waals surface area contributed by atoms with Crippen LogP contribution in [0, 0.1) is 18.8 Å². The van der Waals surface area contributed by atoms with Crippen molar-refractivity contribution in [3.05, 3.63) is 36.0 Å². The van der Waals surface area contributed by atoms with Crippen molar-refractivity contribution in [1.82, 2.24) is 20.5 Å². The van der Waals surface area contributed by atoms with Gasteiger partial charge in [0.15, 0.2) is 0 Å². The second-order valence-corrected chi connectivity index (χ2v) is 12.5. The van der Waals surface area contributed by atoms with E-state index >= 15 is 0 Å². The van der Waals surface area contributed by atoms with Crippen molar-refractivity contribution in [3.63, 3.8) is 0 Å². The number of hydrogen-bond donors (Lipinski definition) is 2. The van der Waals surface area contributed by atoms with Crippen molar-refractivity contribution < 1.29 is 9.21 Å². The summed E-state index contributed by atoms with van der Waals surface area (Å²) >= 11 is 1.81. The number of fused-ring (bicyclic) bond motifs is 4. The molecule has 9 nitrogen and oxygen atoms in total. The van der Waals surface area contributed by atoms with Crippen LogP contribution in [0.5, 0.6) is 0 Å². The zero-order valence-corrected chi connectivity index (χ0v) is 23.2. The minimum atomic E-state index is -0.0226. The molecule has 0 radical (unpaired) electrons. The molecule has 1 unspecified atom stereocenters. The molecule has 1 atom stereocenters. The van der Waals surface area contributed by atoms with Crippen LogP contribution in [0.4, 0.5) is 17.2 Å². The summed E-state index contributed by atoms with van der Waals surface area (Å²) in [6, 6.07) is 8.46. The summed E-state index contributed by atoms with van der Waals surface area (Å²) in [6.07, 6.45) is 8.39. The Morgan fingerprint density at radius 3 is 2.64 bits per heavy atom. The van der Waals surface area contributed by atoms with E-state index in [9.17, 15) is 4.79 Å². The highest BCUT2D eigenvalue weighted by molar-refractivity contribution is 8.01. The summed E-state index contributed by atoms with van der Waals surface area (Å²) in [5, 5.41) is 13.0. The van der Waals surface area contributed by atoms with E-state index in [4.69, 9.17) is 9.40 Å². The van der Waals surface area contributed by atoms with Gasteiger partial charge in [0, 0.05) is 55.4 Å². The van der Waals surface area contributed by atoms with Crippen molar-refractivity contribution in [2.45, 2.75) is 50.7 Å².